The van der Waals surface area contributed by atoms with Crippen LogP contribution in [0.15, 0.2) is 60.7 Å². The number of carbonyl (C=O) groups is 2. The third kappa shape index (κ3) is 4.79. The molecule has 0 spiro atoms. The molecule has 6 heteroatoms. The number of esters is 1. The molecule has 3 rings (SSSR count). The van der Waals surface area contributed by atoms with Gasteiger partial charge in [-0.2, -0.15) is 0 Å². The molecule has 1 amide bonds. The smallest absolute Gasteiger partial charge is 0.310 e. The van der Waals surface area contributed by atoms with Crippen LogP contribution in [0.25, 0.3) is 10.8 Å². The average molecular weight is 379 g/mol. The first-order chi connectivity index (χ1) is 13.6. The fourth-order valence-corrected chi connectivity index (χ4v) is 2.88. The Hall–Kier alpha value is -3.54. The first-order valence-corrected chi connectivity index (χ1v) is 8.74. The lowest BCUT2D eigenvalue weighted by Crippen LogP contribution is -2.21. The van der Waals surface area contributed by atoms with Crippen LogP contribution < -0.4 is 14.8 Å². The van der Waals surface area contributed by atoms with E-state index < -0.39 is 11.9 Å². The summed E-state index contributed by atoms with van der Waals surface area (Å²) in [5.41, 5.74) is 1.35. The van der Waals surface area contributed by atoms with Crippen molar-refractivity contribution in [2.75, 3.05) is 26.1 Å². The van der Waals surface area contributed by atoms with E-state index in [1.54, 1.807) is 18.2 Å². The number of nitrogens with one attached hydrogen (secondary N) is 1. The van der Waals surface area contributed by atoms with Crippen molar-refractivity contribution < 1.29 is 23.8 Å². The Balaban J connectivity index is 1.58. The number of hydrogen-bond acceptors (Lipinski definition) is 5. The second kappa shape index (κ2) is 8.90. The summed E-state index contributed by atoms with van der Waals surface area (Å²) in [7, 11) is 3.05. The second-order valence-corrected chi connectivity index (χ2v) is 6.13. The van der Waals surface area contributed by atoms with E-state index in [-0.39, 0.29) is 13.0 Å². The van der Waals surface area contributed by atoms with Crippen LogP contribution in [0.3, 0.4) is 0 Å². The highest BCUT2D eigenvalue weighted by Crippen LogP contribution is 2.25. The largest absolute Gasteiger partial charge is 0.497 e. The Morgan fingerprint density at radius 2 is 1.57 bits per heavy atom. The van der Waals surface area contributed by atoms with Crippen molar-refractivity contribution in [3.63, 3.8) is 0 Å². The van der Waals surface area contributed by atoms with Crippen molar-refractivity contribution in [3.8, 4) is 11.5 Å². The highest BCUT2D eigenvalue weighted by molar-refractivity contribution is 5.94. The summed E-state index contributed by atoms with van der Waals surface area (Å²) >= 11 is 0. The van der Waals surface area contributed by atoms with Crippen LogP contribution in [0.2, 0.25) is 0 Å². The Morgan fingerprint density at radius 3 is 2.29 bits per heavy atom. The number of hydrogen-bond donors (Lipinski definition) is 1. The molecule has 0 atom stereocenters. The molecule has 0 aliphatic heterocycles. The van der Waals surface area contributed by atoms with Gasteiger partial charge in [0.2, 0.25) is 0 Å². The molecule has 0 aromatic heterocycles. The molecule has 28 heavy (non-hydrogen) atoms. The summed E-state index contributed by atoms with van der Waals surface area (Å²) < 4.78 is 15.5. The molecule has 0 bridgehead atoms. The van der Waals surface area contributed by atoms with E-state index in [0.29, 0.717) is 17.2 Å². The zero-order valence-corrected chi connectivity index (χ0v) is 15.7. The highest BCUT2D eigenvalue weighted by atomic mass is 16.5. The molecule has 3 aromatic rings. The molecule has 0 aliphatic carbocycles. The van der Waals surface area contributed by atoms with Crippen LogP contribution in [0.1, 0.15) is 5.56 Å². The van der Waals surface area contributed by atoms with Gasteiger partial charge < -0.3 is 19.5 Å². The molecule has 144 valence electrons. The molecule has 6 nitrogen and oxygen atoms in total. The molecule has 0 saturated heterocycles. The number of rotatable bonds is 7. The third-order valence-electron chi connectivity index (χ3n) is 4.21. The quantitative estimate of drug-likeness (QED) is 0.635. The van der Waals surface area contributed by atoms with E-state index in [9.17, 15) is 9.59 Å². The number of methoxy groups -OCH3 is 2. The van der Waals surface area contributed by atoms with Crippen LogP contribution in [0, 0.1) is 0 Å². The van der Waals surface area contributed by atoms with E-state index in [1.165, 1.54) is 14.2 Å². The van der Waals surface area contributed by atoms with Crippen LogP contribution in [-0.4, -0.2) is 32.7 Å². The van der Waals surface area contributed by atoms with Gasteiger partial charge in [-0.25, -0.2) is 0 Å². The zero-order valence-electron chi connectivity index (χ0n) is 15.7. The number of ether oxygens (including phenoxy) is 3. The molecule has 0 saturated carbocycles. The van der Waals surface area contributed by atoms with Gasteiger partial charge in [0.05, 0.1) is 20.6 Å². The van der Waals surface area contributed by atoms with E-state index in [0.717, 1.165) is 16.3 Å². The first kappa shape index (κ1) is 19.2. The average Bonchev–Trinajstić information content (AvgIpc) is 2.72. The minimum absolute atomic E-state index is 0.0988. The van der Waals surface area contributed by atoms with E-state index in [4.69, 9.17) is 14.2 Å². The van der Waals surface area contributed by atoms with Crippen molar-refractivity contribution >= 4 is 28.3 Å². The lowest BCUT2D eigenvalue weighted by Gasteiger charge is -2.10. The molecule has 0 heterocycles. The Bertz CT molecular complexity index is 972. The maximum absolute atomic E-state index is 12.2. The predicted octanol–water partition coefficient (Wildman–Crippen LogP) is 3.58. The topological polar surface area (TPSA) is 73.9 Å². The van der Waals surface area contributed by atoms with Crippen molar-refractivity contribution in [1.82, 2.24) is 0 Å². The van der Waals surface area contributed by atoms with Crippen LogP contribution >= 0.6 is 0 Å². The fraction of sp³-hybridized carbons (Fsp3) is 0.182. The van der Waals surface area contributed by atoms with Gasteiger partial charge in [-0.15, -0.1) is 0 Å². The Kier molecular flexibility index (Phi) is 6.11. The number of carbonyl (C=O) groups excluding carboxylic acids is 2. The summed E-state index contributed by atoms with van der Waals surface area (Å²) in [5, 5.41) is 4.71. The molecule has 1 N–H and O–H groups in total. The SMILES string of the molecule is COc1cc(NC(=O)COC(=O)Cc2cccc3ccccc23)cc(OC)c1. The number of fused-ring (bicyclic) bond motifs is 1. The summed E-state index contributed by atoms with van der Waals surface area (Å²) in [5.74, 6) is 0.182. The minimum Gasteiger partial charge on any atom is -0.497 e. The molecule has 0 unspecified atom stereocenters. The van der Waals surface area contributed by atoms with E-state index in [1.807, 2.05) is 42.5 Å². The summed E-state index contributed by atoms with van der Waals surface area (Å²) in [6.07, 6.45) is 0.0988. The summed E-state index contributed by atoms with van der Waals surface area (Å²) in [6, 6.07) is 18.6. The lowest BCUT2D eigenvalue weighted by atomic mass is 10.0. The third-order valence-corrected chi connectivity index (χ3v) is 4.21. The van der Waals surface area contributed by atoms with Gasteiger partial charge in [-0.1, -0.05) is 42.5 Å². The standard InChI is InChI=1S/C22H21NO5/c1-26-18-11-17(12-19(13-18)27-2)23-21(24)14-28-22(25)10-16-8-5-7-15-6-3-4-9-20(15)16/h3-9,11-13H,10,14H2,1-2H3,(H,23,24). The van der Waals surface area contributed by atoms with Crippen molar-refractivity contribution in [2.45, 2.75) is 6.42 Å². The zero-order chi connectivity index (χ0) is 19.9. The second-order valence-electron chi connectivity index (χ2n) is 6.13. The fourth-order valence-electron chi connectivity index (χ4n) is 2.88. The molecular weight excluding hydrogens is 358 g/mol. The maximum Gasteiger partial charge on any atom is 0.310 e. The van der Waals surface area contributed by atoms with Gasteiger partial charge in [0, 0.05) is 23.9 Å². The number of benzene rings is 3. The molecule has 0 radical (unpaired) electrons. The van der Waals surface area contributed by atoms with Crippen LogP contribution in [0.4, 0.5) is 5.69 Å². The maximum atomic E-state index is 12.2. The van der Waals surface area contributed by atoms with Crippen molar-refractivity contribution in [3.05, 3.63) is 66.2 Å². The minimum atomic E-state index is -0.463. The molecule has 0 fully saturated rings. The van der Waals surface area contributed by atoms with E-state index >= 15 is 0 Å². The molecule has 3 aromatic carbocycles. The number of anilines is 1. The van der Waals surface area contributed by atoms with Crippen molar-refractivity contribution in [1.29, 1.82) is 0 Å². The highest BCUT2D eigenvalue weighted by Gasteiger charge is 2.12. The van der Waals surface area contributed by atoms with Gasteiger partial charge >= 0.3 is 5.97 Å². The lowest BCUT2D eigenvalue weighted by molar-refractivity contribution is -0.146. The summed E-state index contributed by atoms with van der Waals surface area (Å²) in [4.78, 5) is 24.3. The predicted molar refractivity (Wildman–Crippen MR) is 107 cm³/mol. The number of amides is 1. The van der Waals surface area contributed by atoms with Gasteiger partial charge in [0.1, 0.15) is 11.5 Å². The monoisotopic (exact) mass is 379 g/mol. The van der Waals surface area contributed by atoms with Crippen LogP contribution in [0.5, 0.6) is 11.5 Å². The van der Waals surface area contributed by atoms with Gasteiger partial charge in [0.25, 0.3) is 5.91 Å². The Morgan fingerprint density at radius 1 is 0.893 bits per heavy atom. The van der Waals surface area contributed by atoms with Crippen LogP contribution in [-0.2, 0) is 20.7 Å². The van der Waals surface area contributed by atoms with Gasteiger partial charge in [0.15, 0.2) is 6.61 Å². The van der Waals surface area contributed by atoms with Gasteiger partial charge in [-0.05, 0) is 16.3 Å². The molecule has 0 aliphatic rings. The normalized spacial score (nSPS) is 10.4. The first-order valence-electron chi connectivity index (χ1n) is 8.74. The Labute approximate surface area is 163 Å². The summed E-state index contributed by atoms with van der Waals surface area (Å²) in [6.45, 7) is -0.372. The van der Waals surface area contributed by atoms with E-state index in [2.05, 4.69) is 5.32 Å². The molecular formula is C22H21NO5. The van der Waals surface area contributed by atoms with Gasteiger partial charge in [-0.3, -0.25) is 9.59 Å². The van der Waals surface area contributed by atoms with Crippen molar-refractivity contribution in [2.24, 2.45) is 0 Å².